The lowest BCUT2D eigenvalue weighted by molar-refractivity contribution is 0.413. The van der Waals surface area contributed by atoms with Gasteiger partial charge in [0.15, 0.2) is 0 Å². The summed E-state index contributed by atoms with van der Waals surface area (Å²) in [6.45, 7) is 0.195. The first kappa shape index (κ1) is 18.3. The fourth-order valence-electron chi connectivity index (χ4n) is 2.55. The van der Waals surface area contributed by atoms with E-state index < -0.39 is 10.0 Å². The molecule has 0 aliphatic rings. The van der Waals surface area contributed by atoms with Crippen molar-refractivity contribution in [1.82, 2.24) is 0 Å². The number of anilines is 1. The number of benzene rings is 3. The molecule has 0 bridgehead atoms. The van der Waals surface area contributed by atoms with Crippen LogP contribution in [0.3, 0.4) is 0 Å². The Labute approximate surface area is 158 Å². The molecular weight excluding hydrogens is 370 g/mol. The minimum absolute atomic E-state index is 0.176. The van der Waals surface area contributed by atoms with Crippen LogP contribution in [-0.2, 0) is 16.6 Å². The van der Waals surface area contributed by atoms with Gasteiger partial charge in [0, 0.05) is 11.1 Å². The van der Waals surface area contributed by atoms with E-state index in [1.54, 1.807) is 42.5 Å². The van der Waals surface area contributed by atoms with Gasteiger partial charge in [-0.2, -0.15) is 0 Å². The first-order valence-electron chi connectivity index (χ1n) is 7.97. The Morgan fingerprint density at radius 2 is 1.62 bits per heavy atom. The van der Waals surface area contributed by atoms with Gasteiger partial charge in [-0.05, 0) is 42.0 Å². The molecule has 0 radical (unpaired) electrons. The van der Waals surface area contributed by atoms with Crippen LogP contribution in [0.2, 0.25) is 5.02 Å². The minimum Gasteiger partial charge on any atom is -0.497 e. The van der Waals surface area contributed by atoms with Gasteiger partial charge in [-0.15, -0.1) is 0 Å². The molecule has 0 fully saturated rings. The Bertz CT molecular complexity index is 973. The molecular formula is C20H18ClNO3S. The zero-order valence-corrected chi connectivity index (χ0v) is 15.7. The van der Waals surface area contributed by atoms with Crippen molar-refractivity contribution in [2.24, 2.45) is 0 Å². The Hall–Kier alpha value is -2.50. The first-order valence-corrected chi connectivity index (χ1v) is 9.79. The SMILES string of the molecule is COc1cccc(S(=O)(=O)N(Cc2ccc(Cl)cc2)c2ccccc2)c1. The van der Waals surface area contributed by atoms with Crippen LogP contribution in [0.1, 0.15) is 5.56 Å². The highest BCUT2D eigenvalue weighted by Crippen LogP contribution is 2.28. The molecule has 0 spiro atoms. The van der Waals surface area contributed by atoms with Gasteiger partial charge in [0.1, 0.15) is 5.75 Å². The van der Waals surface area contributed by atoms with Crippen LogP contribution in [0.25, 0.3) is 0 Å². The number of halogens is 1. The number of ether oxygens (including phenoxy) is 1. The molecule has 0 aliphatic heterocycles. The summed E-state index contributed by atoms with van der Waals surface area (Å²) in [6.07, 6.45) is 0. The standard InChI is InChI=1S/C20H18ClNO3S/c1-25-19-8-5-9-20(14-19)26(23,24)22(18-6-3-2-4-7-18)15-16-10-12-17(21)13-11-16/h2-14H,15H2,1H3. The summed E-state index contributed by atoms with van der Waals surface area (Å²) in [7, 11) is -2.27. The van der Waals surface area contributed by atoms with Gasteiger partial charge in [0.05, 0.1) is 24.2 Å². The highest BCUT2D eigenvalue weighted by atomic mass is 35.5. The third-order valence-electron chi connectivity index (χ3n) is 3.91. The summed E-state index contributed by atoms with van der Waals surface area (Å²) in [5, 5.41) is 0.607. The lowest BCUT2D eigenvalue weighted by atomic mass is 10.2. The topological polar surface area (TPSA) is 46.6 Å². The van der Waals surface area contributed by atoms with E-state index in [0.29, 0.717) is 16.5 Å². The predicted octanol–water partition coefficient (Wildman–Crippen LogP) is 4.74. The van der Waals surface area contributed by atoms with E-state index in [0.717, 1.165) is 5.56 Å². The van der Waals surface area contributed by atoms with Gasteiger partial charge in [-0.1, -0.05) is 48.0 Å². The average molecular weight is 388 g/mol. The smallest absolute Gasteiger partial charge is 0.264 e. The number of rotatable bonds is 6. The van der Waals surface area contributed by atoms with Crippen molar-refractivity contribution < 1.29 is 13.2 Å². The van der Waals surface area contributed by atoms with E-state index in [9.17, 15) is 8.42 Å². The molecule has 0 atom stereocenters. The van der Waals surface area contributed by atoms with E-state index in [2.05, 4.69) is 0 Å². The van der Waals surface area contributed by atoms with E-state index in [4.69, 9.17) is 16.3 Å². The maximum absolute atomic E-state index is 13.3. The molecule has 0 heterocycles. The van der Waals surface area contributed by atoms with E-state index in [1.165, 1.54) is 17.5 Å². The van der Waals surface area contributed by atoms with Crippen LogP contribution >= 0.6 is 11.6 Å². The first-order chi connectivity index (χ1) is 12.5. The van der Waals surface area contributed by atoms with Crippen LogP contribution in [0.4, 0.5) is 5.69 Å². The van der Waals surface area contributed by atoms with Crippen LogP contribution < -0.4 is 9.04 Å². The predicted molar refractivity (Wildman–Crippen MR) is 104 cm³/mol. The van der Waals surface area contributed by atoms with Gasteiger partial charge >= 0.3 is 0 Å². The van der Waals surface area contributed by atoms with Crippen molar-refractivity contribution in [3.63, 3.8) is 0 Å². The molecule has 4 nitrogen and oxygen atoms in total. The van der Waals surface area contributed by atoms with Crippen LogP contribution in [0.5, 0.6) is 5.75 Å². The van der Waals surface area contributed by atoms with Crippen molar-refractivity contribution in [3.05, 3.63) is 89.4 Å². The van der Waals surface area contributed by atoms with Crippen molar-refractivity contribution in [2.45, 2.75) is 11.4 Å². The lowest BCUT2D eigenvalue weighted by Gasteiger charge is -2.25. The normalized spacial score (nSPS) is 11.2. The second kappa shape index (κ2) is 7.81. The third-order valence-corrected chi connectivity index (χ3v) is 5.93. The summed E-state index contributed by atoms with van der Waals surface area (Å²) in [6, 6.07) is 22.6. The summed E-state index contributed by atoms with van der Waals surface area (Å²) >= 11 is 5.94. The zero-order valence-electron chi connectivity index (χ0n) is 14.2. The van der Waals surface area contributed by atoms with Gasteiger partial charge in [-0.3, -0.25) is 4.31 Å². The van der Waals surface area contributed by atoms with Gasteiger partial charge in [-0.25, -0.2) is 8.42 Å². The quantitative estimate of drug-likeness (QED) is 0.613. The molecule has 3 aromatic carbocycles. The van der Waals surface area contributed by atoms with Crippen LogP contribution in [0, 0.1) is 0 Å². The average Bonchev–Trinajstić information content (AvgIpc) is 2.68. The second-order valence-corrected chi connectivity index (χ2v) is 7.95. The number of sulfonamides is 1. The molecule has 26 heavy (non-hydrogen) atoms. The highest BCUT2D eigenvalue weighted by molar-refractivity contribution is 7.92. The molecule has 134 valence electrons. The van der Waals surface area contributed by atoms with Gasteiger partial charge < -0.3 is 4.74 Å². The Morgan fingerprint density at radius 3 is 2.27 bits per heavy atom. The molecule has 0 aromatic heterocycles. The molecule has 0 amide bonds. The Kier molecular flexibility index (Phi) is 5.49. The summed E-state index contributed by atoms with van der Waals surface area (Å²) in [5.74, 6) is 0.491. The molecule has 3 aromatic rings. The van der Waals surface area contributed by atoms with E-state index in [-0.39, 0.29) is 11.4 Å². The van der Waals surface area contributed by atoms with Crippen molar-refractivity contribution in [3.8, 4) is 5.75 Å². The maximum atomic E-state index is 13.3. The molecule has 0 saturated heterocycles. The van der Waals surface area contributed by atoms with Crippen molar-refractivity contribution >= 4 is 27.3 Å². The molecule has 0 aliphatic carbocycles. The van der Waals surface area contributed by atoms with Crippen LogP contribution in [0.15, 0.2) is 83.8 Å². The minimum atomic E-state index is -3.77. The summed E-state index contributed by atoms with van der Waals surface area (Å²) < 4.78 is 33.2. The van der Waals surface area contributed by atoms with Crippen LogP contribution in [-0.4, -0.2) is 15.5 Å². The number of methoxy groups -OCH3 is 1. The monoisotopic (exact) mass is 387 g/mol. The molecule has 0 unspecified atom stereocenters. The number of nitrogens with zero attached hydrogens (tertiary/aromatic N) is 1. The van der Waals surface area contributed by atoms with Gasteiger partial charge in [0.25, 0.3) is 10.0 Å². The molecule has 3 rings (SSSR count). The molecule has 0 N–H and O–H groups in total. The summed E-state index contributed by atoms with van der Waals surface area (Å²) in [5.41, 5.74) is 1.43. The summed E-state index contributed by atoms with van der Waals surface area (Å²) in [4.78, 5) is 0.176. The number of para-hydroxylation sites is 1. The van der Waals surface area contributed by atoms with Gasteiger partial charge in [0.2, 0.25) is 0 Å². The maximum Gasteiger partial charge on any atom is 0.264 e. The van der Waals surface area contributed by atoms with Crippen molar-refractivity contribution in [1.29, 1.82) is 0 Å². The Balaban J connectivity index is 2.05. The zero-order chi connectivity index (χ0) is 18.6. The van der Waals surface area contributed by atoms with E-state index >= 15 is 0 Å². The number of hydrogen-bond acceptors (Lipinski definition) is 3. The fourth-order valence-corrected chi connectivity index (χ4v) is 4.17. The Morgan fingerprint density at radius 1 is 0.923 bits per heavy atom. The lowest BCUT2D eigenvalue weighted by Crippen LogP contribution is -2.30. The fraction of sp³-hybridized carbons (Fsp3) is 0.100. The molecule has 0 saturated carbocycles. The second-order valence-electron chi connectivity index (χ2n) is 5.65. The van der Waals surface area contributed by atoms with E-state index in [1.807, 2.05) is 30.3 Å². The largest absolute Gasteiger partial charge is 0.497 e. The highest BCUT2D eigenvalue weighted by Gasteiger charge is 2.25. The third kappa shape index (κ3) is 4.00. The number of hydrogen-bond donors (Lipinski definition) is 0. The van der Waals surface area contributed by atoms with Crippen molar-refractivity contribution in [2.75, 3.05) is 11.4 Å². The molecule has 6 heteroatoms.